The molecular weight excluding hydrogens is 274 g/mol. The van der Waals surface area contributed by atoms with Crippen LogP contribution in [-0.4, -0.2) is 35.2 Å². The smallest absolute Gasteiger partial charge is 0.204 e. The standard InChI is InChI=1S/C13H19N5OS/c1-4-14-12-11(19-3)13(17-8-16-12)15-6-5-10-18-9(2)7-20-10/h7-8H,4-6H2,1-3H3,(H2,14,15,16,17). The van der Waals surface area contributed by atoms with Crippen molar-refractivity contribution in [1.29, 1.82) is 0 Å². The molecule has 0 radical (unpaired) electrons. The number of ether oxygens (including phenoxy) is 1. The van der Waals surface area contributed by atoms with Crippen molar-refractivity contribution in [3.8, 4) is 5.75 Å². The van der Waals surface area contributed by atoms with Crippen LogP contribution in [-0.2, 0) is 6.42 Å². The topological polar surface area (TPSA) is 72.0 Å². The lowest BCUT2D eigenvalue weighted by molar-refractivity contribution is 0.414. The molecule has 2 rings (SSSR count). The molecule has 6 nitrogen and oxygen atoms in total. The fraction of sp³-hybridized carbons (Fsp3) is 0.462. The summed E-state index contributed by atoms with van der Waals surface area (Å²) < 4.78 is 5.37. The first kappa shape index (κ1) is 14.5. The Bertz CT molecular complexity index is 557. The van der Waals surface area contributed by atoms with Crippen LogP contribution < -0.4 is 15.4 Å². The zero-order valence-electron chi connectivity index (χ0n) is 11.9. The summed E-state index contributed by atoms with van der Waals surface area (Å²) in [6.45, 7) is 5.56. The molecule has 0 aliphatic carbocycles. The van der Waals surface area contributed by atoms with E-state index in [9.17, 15) is 0 Å². The second-order valence-corrected chi connectivity index (χ2v) is 5.14. The molecule has 0 unspecified atom stereocenters. The van der Waals surface area contributed by atoms with E-state index in [1.54, 1.807) is 18.4 Å². The lowest BCUT2D eigenvalue weighted by atomic mass is 10.4. The number of aromatic nitrogens is 3. The molecule has 0 spiro atoms. The number of hydrogen-bond donors (Lipinski definition) is 2. The minimum Gasteiger partial charge on any atom is -0.490 e. The number of hydrogen-bond acceptors (Lipinski definition) is 7. The average molecular weight is 293 g/mol. The number of thiazole rings is 1. The highest BCUT2D eigenvalue weighted by Crippen LogP contribution is 2.28. The molecular formula is C13H19N5OS. The Morgan fingerprint density at radius 3 is 2.60 bits per heavy atom. The van der Waals surface area contributed by atoms with Crippen molar-refractivity contribution in [2.45, 2.75) is 20.3 Å². The first-order valence-corrected chi connectivity index (χ1v) is 7.40. The molecule has 0 bridgehead atoms. The van der Waals surface area contributed by atoms with Gasteiger partial charge in [-0.15, -0.1) is 11.3 Å². The van der Waals surface area contributed by atoms with E-state index in [0.29, 0.717) is 17.4 Å². The van der Waals surface area contributed by atoms with Crippen LogP contribution in [0.15, 0.2) is 11.7 Å². The molecule has 7 heteroatoms. The van der Waals surface area contributed by atoms with E-state index in [0.717, 1.165) is 30.2 Å². The molecule has 0 atom stereocenters. The molecule has 0 fully saturated rings. The van der Waals surface area contributed by atoms with E-state index in [1.807, 2.05) is 13.8 Å². The maximum absolute atomic E-state index is 5.37. The zero-order valence-corrected chi connectivity index (χ0v) is 12.8. The van der Waals surface area contributed by atoms with Gasteiger partial charge in [0.15, 0.2) is 11.6 Å². The summed E-state index contributed by atoms with van der Waals surface area (Å²) in [6, 6.07) is 0. The van der Waals surface area contributed by atoms with Gasteiger partial charge in [0, 0.05) is 30.6 Å². The fourth-order valence-electron chi connectivity index (χ4n) is 1.79. The van der Waals surface area contributed by atoms with Crippen LogP contribution in [0.4, 0.5) is 11.6 Å². The number of methoxy groups -OCH3 is 1. The normalized spacial score (nSPS) is 10.3. The van der Waals surface area contributed by atoms with Gasteiger partial charge in [0.25, 0.3) is 0 Å². The number of aryl methyl sites for hydroxylation is 1. The molecule has 0 aliphatic rings. The molecule has 0 aromatic carbocycles. The Kier molecular flexibility index (Phi) is 5.11. The van der Waals surface area contributed by atoms with Gasteiger partial charge in [0.05, 0.1) is 12.1 Å². The third kappa shape index (κ3) is 3.57. The maximum Gasteiger partial charge on any atom is 0.204 e. The van der Waals surface area contributed by atoms with Crippen LogP contribution in [0.3, 0.4) is 0 Å². The van der Waals surface area contributed by atoms with Gasteiger partial charge < -0.3 is 15.4 Å². The third-order valence-electron chi connectivity index (χ3n) is 2.65. The summed E-state index contributed by atoms with van der Waals surface area (Å²) in [5.74, 6) is 2.05. The third-order valence-corrected chi connectivity index (χ3v) is 3.68. The number of nitrogens with zero attached hydrogens (tertiary/aromatic N) is 3. The molecule has 0 saturated carbocycles. The monoisotopic (exact) mass is 293 g/mol. The van der Waals surface area contributed by atoms with Crippen molar-refractivity contribution >= 4 is 23.0 Å². The highest BCUT2D eigenvalue weighted by atomic mass is 32.1. The fourth-order valence-corrected chi connectivity index (χ4v) is 2.57. The Morgan fingerprint density at radius 1 is 1.25 bits per heavy atom. The molecule has 2 heterocycles. The second-order valence-electron chi connectivity index (χ2n) is 4.19. The van der Waals surface area contributed by atoms with Crippen LogP contribution in [0, 0.1) is 6.92 Å². The van der Waals surface area contributed by atoms with Gasteiger partial charge in [-0.25, -0.2) is 15.0 Å². The van der Waals surface area contributed by atoms with Crippen LogP contribution in [0.5, 0.6) is 5.75 Å². The molecule has 2 N–H and O–H groups in total. The summed E-state index contributed by atoms with van der Waals surface area (Å²) in [5, 5.41) is 9.60. The van der Waals surface area contributed by atoms with E-state index >= 15 is 0 Å². The number of rotatable bonds is 7. The van der Waals surface area contributed by atoms with Gasteiger partial charge in [0.1, 0.15) is 6.33 Å². The zero-order chi connectivity index (χ0) is 14.4. The Morgan fingerprint density at radius 2 is 2.00 bits per heavy atom. The SMILES string of the molecule is CCNc1ncnc(NCCc2nc(C)cs2)c1OC. The Labute approximate surface area is 122 Å². The number of anilines is 2. The van der Waals surface area contributed by atoms with E-state index in [-0.39, 0.29) is 0 Å². The minimum atomic E-state index is 0.643. The molecule has 2 aromatic rings. The Hall–Kier alpha value is -1.89. The van der Waals surface area contributed by atoms with Crippen molar-refractivity contribution in [2.24, 2.45) is 0 Å². The van der Waals surface area contributed by atoms with Crippen LogP contribution >= 0.6 is 11.3 Å². The minimum absolute atomic E-state index is 0.643. The molecule has 108 valence electrons. The van der Waals surface area contributed by atoms with E-state index in [1.165, 1.54) is 6.33 Å². The van der Waals surface area contributed by atoms with Gasteiger partial charge >= 0.3 is 0 Å². The van der Waals surface area contributed by atoms with Crippen molar-refractivity contribution in [3.05, 3.63) is 22.4 Å². The first-order chi connectivity index (χ1) is 9.74. The maximum atomic E-state index is 5.37. The van der Waals surface area contributed by atoms with Gasteiger partial charge in [-0.3, -0.25) is 0 Å². The summed E-state index contributed by atoms with van der Waals surface area (Å²) in [6.07, 6.45) is 2.39. The highest BCUT2D eigenvalue weighted by molar-refractivity contribution is 7.09. The lowest BCUT2D eigenvalue weighted by Crippen LogP contribution is -2.10. The largest absolute Gasteiger partial charge is 0.490 e. The predicted molar refractivity (Wildman–Crippen MR) is 81.8 cm³/mol. The summed E-state index contributed by atoms with van der Waals surface area (Å²) in [7, 11) is 1.62. The van der Waals surface area contributed by atoms with E-state index in [4.69, 9.17) is 4.74 Å². The van der Waals surface area contributed by atoms with Crippen LogP contribution in [0.2, 0.25) is 0 Å². The first-order valence-electron chi connectivity index (χ1n) is 6.52. The van der Waals surface area contributed by atoms with Crippen LogP contribution in [0.1, 0.15) is 17.6 Å². The summed E-state index contributed by atoms with van der Waals surface area (Å²) in [4.78, 5) is 12.8. The van der Waals surface area contributed by atoms with Gasteiger partial charge in [0.2, 0.25) is 5.75 Å². The van der Waals surface area contributed by atoms with Gasteiger partial charge in [-0.05, 0) is 13.8 Å². The van der Waals surface area contributed by atoms with Crippen molar-refractivity contribution in [1.82, 2.24) is 15.0 Å². The molecule has 20 heavy (non-hydrogen) atoms. The van der Waals surface area contributed by atoms with Crippen molar-refractivity contribution in [3.63, 3.8) is 0 Å². The summed E-state index contributed by atoms with van der Waals surface area (Å²) in [5.41, 5.74) is 1.07. The van der Waals surface area contributed by atoms with E-state index < -0.39 is 0 Å². The molecule has 0 aliphatic heterocycles. The lowest BCUT2D eigenvalue weighted by Gasteiger charge is -2.13. The Balaban J connectivity index is 1.99. The number of nitrogens with one attached hydrogen (secondary N) is 2. The van der Waals surface area contributed by atoms with E-state index in [2.05, 4.69) is 31.0 Å². The van der Waals surface area contributed by atoms with Crippen LogP contribution in [0.25, 0.3) is 0 Å². The molecule has 0 amide bonds. The average Bonchev–Trinajstić information content (AvgIpc) is 2.85. The summed E-state index contributed by atoms with van der Waals surface area (Å²) >= 11 is 1.68. The van der Waals surface area contributed by atoms with Crippen molar-refractivity contribution in [2.75, 3.05) is 30.8 Å². The molecule has 0 saturated heterocycles. The molecule has 2 aromatic heterocycles. The highest BCUT2D eigenvalue weighted by Gasteiger charge is 2.11. The van der Waals surface area contributed by atoms with Gasteiger partial charge in [-0.2, -0.15) is 0 Å². The van der Waals surface area contributed by atoms with Crippen molar-refractivity contribution < 1.29 is 4.74 Å². The quantitative estimate of drug-likeness (QED) is 0.816. The van der Waals surface area contributed by atoms with Gasteiger partial charge in [-0.1, -0.05) is 0 Å². The predicted octanol–water partition coefficient (Wildman–Crippen LogP) is 2.34. The second kappa shape index (κ2) is 7.04.